The average Bonchev–Trinajstić information content (AvgIpc) is 2.47. The molecule has 4 heteroatoms. The lowest BCUT2D eigenvalue weighted by molar-refractivity contribution is 0.221. The number of fused-ring (bicyclic) bond motifs is 3. The second kappa shape index (κ2) is 5.73. The molecule has 2 aliphatic rings. The Morgan fingerprint density at radius 3 is 2.95 bits per heavy atom. The third kappa shape index (κ3) is 2.47. The zero-order chi connectivity index (χ0) is 13.9. The minimum Gasteiger partial charge on any atom is -0.365 e. The lowest BCUT2D eigenvalue weighted by atomic mass is 10.0. The van der Waals surface area contributed by atoms with Crippen LogP contribution < -0.4 is 5.32 Å². The van der Waals surface area contributed by atoms with Crippen molar-refractivity contribution >= 4 is 11.5 Å². The molecular weight excluding hydrogens is 248 g/mol. The number of anilines is 1. The van der Waals surface area contributed by atoms with Crippen molar-refractivity contribution in [1.29, 1.82) is 0 Å². The van der Waals surface area contributed by atoms with Gasteiger partial charge in [0.25, 0.3) is 0 Å². The number of rotatable bonds is 4. The van der Waals surface area contributed by atoms with Crippen LogP contribution in [0.5, 0.6) is 0 Å². The molecule has 0 saturated heterocycles. The predicted octanol–water partition coefficient (Wildman–Crippen LogP) is 2.93. The van der Waals surface area contributed by atoms with Gasteiger partial charge in [-0.15, -0.1) is 0 Å². The Morgan fingerprint density at radius 1 is 1.25 bits per heavy atom. The molecule has 4 nitrogen and oxygen atoms in total. The highest BCUT2D eigenvalue weighted by Gasteiger charge is 2.32. The summed E-state index contributed by atoms with van der Waals surface area (Å²) in [5.74, 6) is 1.13. The van der Waals surface area contributed by atoms with Crippen molar-refractivity contribution in [2.45, 2.75) is 38.8 Å². The number of hydrazone groups is 1. The third-order valence-corrected chi connectivity index (χ3v) is 4.15. The minimum absolute atomic E-state index is 0.393. The average molecular weight is 272 g/mol. The summed E-state index contributed by atoms with van der Waals surface area (Å²) < 4.78 is 0. The zero-order valence-electron chi connectivity index (χ0n) is 12.5. The van der Waals surface area contributed by atoms with Crippen molar-refractivity contribution in [3.8, 4) is 0 Å². The summed E-state index contributed by atoms with van der Waals surface area (Å²) in [7, 11) is 2.06. The van der Waals surface area contributed by atoms with Crippen molar-refractivity contribution in [2.24, 2.45) is 5.10 Å². The van der Waals surface area contributed by atoms with Gasteiger partial charge in [-0.05, 0) is 25.0 Å². The zero-order valence-corrected chi connectivity index (χ0v) is 12.5. The van der Waals surface area contributed by atoms with E-state index in [-0.39, 0.29) is 0 Å². The fourth-order valence-corrected chi connectivity index (χ4v) is 3.02. The number of hydrogen-bond donors (Lipinski definition) is 1. The summed E-state index contributed by atoms with van der Waals surface area (Å²) in [5.41, 5.74) is 2.45. The summed E-state index contributed by atoms with van der Waals surface area (Å²) in [5, 5.41) is 10.5. The lowest BCUT2D eigenvalue weighted by Gasteiger charge is -2.43. The standard InChI is InChI=1S/C16H24N4/c1-3-4-5-10-15-17-14-9-7-6-8-13(14)16-18-19(2)11-12-20(15)16/h6-9,15,17H,3-5,10-12H2,1-2H3. The van der Waals surface area contributed by atoms with Crippen molar-refractivity contribution in [2.75, 3.05) is 25.5 Å². The molecule has 108 valence electrons. The van der Waals surface area contributed by atoms with Crippen LogP contribution in [0, 0.1) is 0 Å². The molecule has 1 aromatic rings. The van der Waals surface area contributed by atoms with Gasteiger partial charge in [0.05, 0.1) is 6.54 Å². The van der Waals surface area contributed by atoms with Gasteiger partial charge in [-0.1, -0.05) is 31.9 Å². The number of benzene rings is 1. The maximum absolute atomic E-state index is 4.76. The highest BCUT2D eigenvalue weighted by Crippen LogP contribution is 2.29. The number of unbranched alkanes of at least 4 members (excludes halogenated alkanes) is 2. The molecule has 0 radical (unpaired) electrons. The topological polar surface area (TPSA) is 30.9 Å². The molecule has 20 heavy (non-hydrogen) atoms. The predicted molar refractivity (Wildman–Crippen MR) is 83.9 cm³/mol. The van der Waals surface area contributed by atoms with Gasteiger partial charge in [0, 0.05) is 24.8 Å². The Bertz CT molecular complexity index is 497. The van der Waals surface area contributed by atoms with Gasteiger partial charge in [-0.25, -0.2) is 0 Å². The summed E-state index contributed by atoms with van der Waals surface area (Å²) in [6.07, 6.45) is 5.43. The maximum atomic E-state index is 4.76. The molecule has 2 aliphatic heterocycles. The largest absolute Gasteiger partial charge is 0.365 e. The first-order valence-electron chi connectivity index (χ1n) is 7.72. The summed E-state index contributed by atoms with van der Waals surface area (Å²) in [6.45, 7) is 4.30. The highest BCUT2D eigenvalue weighted by molar-refractivity contribution is 6.05. The van der Waals surface area contributed by atoms with Gasteiger partial charge in [0.15, 0.2) is 5.84 Å². The second-order valence-electron chi connectivity index (χ2n) is 5.70. The normalized spacial score (nSPS) is 20.9. The molecule has 0 aliphatic carbocycles. The van der Waals surface area contributed by atoms with E-state index in [9.17, 15) is 0 Å². The van der Waals surface area contributed by atoms with Crippen LogP contribution in [-0.4, -0.2) is 42.0 Å². The molecule has 1 unspecified atom stereocenters. The molecule has 1 N–H and O–H groups in total. The van der Waals surface area contributed by atoms with E-state index >= 15 is 0 Å². The molecular formula is C16H24N4. The van der Waals surface area contributed by atoms with E-state index in [2.05, 4.69) is 53.5 Å². The number of likely N-dealkylation sites (N-methyl/N-ethyl adjacent to an activating group) is 1. The van der Waals surface area contributed by atoms with E-state index in [0.29, 0.717) is 6.17 Å². The monoisotopic (exact) mass is 272 g/mol. The fourth-order valence-electron chi connectivity index (χ4n) is 3.02. The number of nitrogens with one attached hydrogen (secondary N) is 1. The quantitative estimate of drug-likeness (QED) is 0.855. The first-order valence-corrected chi connectivity index (χ1v) is 7.72. The van der Waals surface area contributed by atoms with Crippen molar-refractivity contribution < 1.29 is 0 Å². The summed E-state index contributed by atoms with van der Waals surface area (Å²) in [4.78, 5) is 2.44. The molecule has 0 aromatic heterocycles. The van der Waals surface area contributed by atoms with Crippen LogP contribution >= 0.6 is 0 Å². The minimum atomic E-state index is 0.393. The summed E-state index contributed by atoms with van der Waals surface area (Å²) >= 11 is 0. The lowest BCUT2D eigenvalue weighted by Crippen LogP contribution is -2.54. The molecule has 0 saturated carbocycles. The SMILES string of the molecule is CCCCCC1Nc2ccccc2C2=NN(C)CCN21. The van der Waals surface area contributed by atoms with Crippen molar-refractivity contribution in [3.05, 3.63) is 29.8 Å². The van der Waals surface area contributed by atoms with Crippen LogP contribution in [0.4, 0.5) is 5.69 Å². The molecule has 1 aromatic carbocycles. The molecule has 2 heterocycles. The number of nitrogens with zero attached hydrogens (tertiary/aromatic N) is 3. The van der Waals surface area contributed by atoms with Crippen LogP contribution in [0.3, 0.4) is 0 Å². The van der Waals surface area contributed by atoms with Gasteiger partial charge in [-0.3, -0.25) is 5.01 Å². The van der Waals surface area contributed by atoms with Crippen LogP contribution in [0.1, 0.15) is 38.2 Å². The molecule has 1 atom stereocenters. The van der Waals surface area contributed by atoms with Gasteiger partial charge >= 0.3 is 0 Å². The van der Waals surface area contributed by atoms with Gasteiger partial charge in [0.2, 0.25) is 0 Å². The Morgan fingerprint density at radius 2 is 2.10 bits per heavy atom. The molecule has 3 rings (SSSR count). The van der Waals surface area contributed by atoms with Crippen LogP contribution in [0.2, 0.25) is 0 Å². The van der Waals surface area contributed by atoms with Crippen molar-refractivity contribution in [1.82, 2.24) is 9.91 Å². The van der Waals surface area contributed by atoms with E-state index in [1.54, 1.807) is 0 Å². The van der Waals surface area contributed by atoms with E-state index in [0.717, 1.165) is 18.9 Å². The van der Waals surface area contributed by atoms with E-state index in [1.165, 1.54) is 36.9 Å². The van der Waals surface area contributed by atoms with E-state index < -0.39 is 0 Å². The Labute approximate surface area is 121 Å². The Balaban J connectivity index is 1.88. The third-order valence-electron chi connectivity index (χ3n) is 4.15. The number of amidine groups is 1. The second-order valence-corrected chi connectivity index (χ2v) is 5.70. The fraction of sp³-hybridized carbons (Fsp3) is 0.562. The Kier molecular flexibility index (Phi) is 3.81. The highest BCUT2D eigenvalue weighted by atomic mass is 15.5. The maximum Gasteiger partial charge on any atom is 0.159 e. The van der Waals surface area contributed by atoms with Crippen molar-refractivity contribution in [3.63, 3.8) is 0 Å². The van der Waals surface area contributed by atoms with E-state index in [4.69, 9.17) is 5.10 Å². The van der Waals surface area contributed by atoms with Gasteiger partial charge < -0.3 is 10.2 Å². The molecule has 0 amide bonds. The molecule has 0 spiro atoms. The summed E-state index contributed by atoms with van der Waals surface area (Å²) in [6, 6.07) is 8.51. The first-order chi connectivity index (χ1) is 9.79. The van der Waals surface area contributed by atoms with Crippen LogP contribution in [-0.2, 0) is 0 Å². The molecule has 0 fully saturated rings. The van der Waals surface area contributed by atoms with Crippen LogP contribution in [0.15, 0.2) is 29.4 Å². The smallest absolute Gasteiger partial charge is 0.159 e. The first kappa shape index (κ1) is 13.3. The number of para-hydroxylation sites is 1. The van der Waals surface area contributed by atoms with Gasteiger partial charge in [-0.2, -0.15) is 5.10 Å². The number of hydrogen-bond acceptors (Lipinski definition) is 4. The Hall–Kier alpha value is -1.71. The van der Waals surface area contributed by atoms with E-state index in [1.807, 2.05) is 0 Å². The molecule has 0 bridgehead atoms. The van der Waals surface area contributed by atoms with Gasteiger partial charge in [0.1, 0.15) is 6.17 Å². The van der Waals surface area contributed by atoms with Crippen LogP contribution in [0.25, 0.3) is 0 Å².